The molecule has 176 valence electrons. The maximum Gasteiger partial charge on any atom is 0.329 e. The standard InChI is InChI=1S/C24H24N4O5S/c1-34-11-10-19(23(31)32)26-21(29)20(12-14-13-25-17-8-4-2-6-15(14)17)28-22(30)16-7-3-5-9-18(16)27-24(28)33/h2-9,13,19-20,25H,10-12H2,1H3,(H,26,29)(H,27,33)(H,31,32)/t19-,20-/m0/s1. The van der Waals surface area contributed by atoms with Crippen LogP contribution in [0.1, 0.15) is 18.0 Å². The number of fused-ring (bicyclic) bond motifs is 2. The number of thioether (sulfide) groups is 1. The lowest BCUT2D eigenvalue weighted by Crippen LogP contribution is -2.49. The van der Waals surface area contributed by atoms with Crippen molar-refractivity contribution in [3.63, 3.8) is 0 Å². The molecule has 0 saturated carbocycles. The summed E-state index contributed by atoms with van der Waals surface area (Å²) in [6.45, 7) is 0. The van der Waals surface area contributed by atoms with Crippen molar-refractivity contribution in [2.24, 2.45) is 0 Å². The van der Waals surface area contributed by atoms with Crippen LogP contribution in [0.25, 0.3) is 21.8 Å². The van der Waals surface area contributed by atoms with E-state index in [9.17, 15) is 24.3 Å². The molecule has 10 heteroatoms. The van der Waals surface area contributed by atoms with Crippen LogP contribution < -0.4 is 16.6 Å². The Morgan fingerprint density at radius 2 is 1.74 bits per heavy atom. The smallest absolute Gasteiger partial charge is 0.329 e. The zero-order valence-corrected chi connectivity index (χ0v) is 19.2. The number of aromatic amines is 2. The fraction of sp³-hybridized carbons (Fsp3) is 0.250. The average Bonchev–Trinajstić information content (AvgIpc) is 3.23. The number of nitrogens with one attached hydrogen (secondary N) is 3. The van der Waals surface area contributed by atoms with Crippen molar-refractivity contribution < 1.29 is 14.7 Å². The number of benzene rings is 2. The molecule has 0 fully saturated rings. The molecule has 2 heterocycles. The molecule has 9 nitrogen and oxygen atoms in total. The molecule has 0 bridgehead atoms. The lowest BCUT2D eigenvalue weighted by molar-refractivity contribution is -0.142. The number of amides is 1. The number of carbonyl (C=O) groups is 2. The summed E-state index contributed by atoms with van der Waals surface area (Å²) in [5.74, 6) is -1.35. The molecule has 4 N–H and O–H groups in total. The number of H-pyrrole nitrogens is 2. The number of aromatic nitrogens is 3. The van der Waals surface area contributed by atoms with Gasteiger partial charge >= 0.3 is 11.7 Å². The maximum absolute atomic E-state index is 13.4. The number of para-hydroxylation sites is 2. The molecule has 0 aliphatic rings. The van der Waals surface area contributed by atoms with Crippen molar-refractivity contribution >= 4 is 45.4 Å². The van der Waals surface area contributed by atoms with Crippen LogP contribution in [0.15, 0.2) is 64.3 Å². The van der Waals surface area contributed by atoms with Crippen molar-refractivity contribution in [2.75, 3.05) is 12.0 Å². The van der Waals surface area contributed by atoms with E-state index >= 15 is 0 Å². The summed E-state index contributed by atoms with van der Waals surface area (Å²) >= 11 is 1.46. The molecule has 34 heavy (non-hydrogen) atoms. The molecule has 0 aliphatic carbocycles. The predicted octanol–water partition coefficient (Wildman–Crippen LogP) is 2.28. The van der Waals surface area contributed by atoms with Gasteiger partial charge < -0.3 is 20.4 Å². The van der Waals surface area contributed by atoms with E-state index < -0.39 is 35.2 Å². The molecule has 0 unspecified atom stereocenters. The van der Waals surface area contributed by atoms with Gasteiger partial charge in [-0.3, -0.25) is 9.59 Å². The van der Waals surface area contributed by atoms with Gasteiger partial charge in [-0.1, -0.05) is 30.3 Å². The van der Waals surface area contributed by atoms with Crippen LogP contribution in [0.2, 0.25) is 0 Å². The Morgan fingerprint density at radius 1 is 1.06 bits per heavy atom. The molecule has 2 atom stereocenters. The molecular weight excluding hydrogens is 456 g/mol. The first-order valence-electron chi connectivity index (χ1n) is 10.7. The largest absolute Gasteiger partial charge is 0.480 e. The number of carboxylic acids is 1. The maximum atomic E-state index is 13.4. The second kappa shape index (κ2) is 10.0. The first-order chi connectivity index (χ1) is 16.4. The van der Waals surface area contributed by atoms with Crippen LogP contribution >= 0.6 is 11.8 Å². The molecule has 4 aromatic rings. The average molecular weight is 481 g/mol. The van der Waals surface area contributed by atoms with Crippen LogP contribution in [-0.2, 0) is 16.0 Å². The third-order valence-corrected chi connectivity index (χ3v) is 6.41. The van der Waals surface area contributed by atoms with Crippen molar-refractivity contribution in [3.05, 3.63) is 81.1 Å². The van der Waals surface area contributed by atoms with Gasteiger partial charge in [0.05, 0.1) is 10.9 Å². The first-order valence-corrected chi connectivity index (χ1v) is 12.1. The SMILES string of the molecule is CSCC[C@H](NC(=O)[C@H](Cc1c[nH]c2ccccc12)n1c(=O)[nH]c2ccccc2c1=O)C(=O)O. The van der Waals surface area contributed by atoms with Crippen LogP contribution in [0, 0.1) is 0 Å². The van der Waals surface area contributed by atoms with E-state index in [1.54, 1.807) is 30.5 Å². The highest BCUT2D eigenvalue weighted by Gasteiger charge is 2.30. The zero-order chi connectivity index (χ0) is 24.2. The third-order valence-electron chi connectivity index (χ3n) is 5.76. The summed E-state index contributed by atoms with van der Waals surface area (Å²) in [4.78, 5) is 57.2. The highest BCUT2D eigenvalue weighted by molar-refractivity contribution is 7.98. The third kappa shape index (κ3) is 4.62. The van der Waals surface area contributed by atoms with Gasteiger partial charge in [0.1, 0.15) is 12.1 Å². The molecular formula is C24H24N4O5S. The van der Waals surface area contributed by atoms with Gasteiger partial charge in [0.15, 0.2) is 0 Å². The van der Waals surface area contributed by atoms with Gasteiger partial charge in [-0.15, -0.1) is 0 Å². The normalized spacial score (nSPS) is 13.1. The fourth-order valence-electron chi connectivity index (χ4n) is 4.03. The van der Waals surface area contributed by atoms with E-state index in [0.717, 1.165) is 21.0 Å². The van der Waals surface area contributed by atoms with Crippen LogP contribution in [0.4, 0.5) is 0 Å². The molecule has 0 saturated heterocycles. The van der Waals surface area contributed by atoms with E-state index in [2.05, 4.69) is 15.3 Å². The minimum atomic E-state index is -1.25. The molecule has 4 rings (SSSR count). The van der Waals surface area contributed by atoms with Crippen molar-refractivity contribution in [1.29, 1.82) is 0 Å². The summed E-state index contributed by atoms with van der Waals surface area (Å²) < 4.78 is 0.882. The number of aliphatic carboxylic acids is 1. The lowest BCUT2D eigenvalue weighted by Gasteiger charge is -2.22. The van der Waals surface area contributed by atoms with Crippen molar-refractivity contribution in [1.82, 2.24) is 19.9 Å². The number of carboxylic acid groups (broad SMARTS) is 1. The van der Waals surface area contributed by atoms with E-state index in [1.165, 1.54) is 11.8 Å². The summed E-state index contributed by atoms with van der Waals surface area (Å²) in [6, 6.07) is 11.6. The Labute approximate surface area is 198 Å². The van der Waals surface area contributed by atoms with E-state index in [0.29, 0.717) is 11.3 Å². The minimum absolute atomic E-state index is 0.0199. The highest BCUT2D eigenvalue weighted by atomic mass is 32.2. The number of hydrogen-bond donors (Lipinski definition) is 4. The molecule has 0 spiro atoms. The Hall–Kier alpha value is -3.79. The van der Waals surface area contributed by atoms with Gasteiger partial charge in [0, 0.05) is 23.5 Å². The van der Waals surface area contributed by atoms with Gasteiger partial charge in [-0.2, -0.15) is 11.8 Å². The zero-order valence-electron chi connectivity index (χ0n) is 18.4. The van der Waals surface area contributed by atoms with Crippen LogP contribution in [0.3, 0.4) is 0 Å². The van der Waals surface area contributed by atoms with Crippen LogP contribution in [-0.4, -0.2) is 49.6 Å². The summed E-state index contributed by atoms with van der Waals surface area (Å²) in [7, 11) is 0. The Morgan fingerprint density at radius 3 is 2.44 bits per heavy atom. The molecule has 2 aromatic carbocycles. The van der Waals surface area contributed by atoms with E-state index in [-0.39, 0.29) is 18.2 Å². The number of nitrogens with zero attached hydrogens (tertiary/aromatic N) is 1. The summed E-state index contributed by atoms with van der Waals surface area (Å²) in [5, 5.41) is 13.2. The topological polar surface area (TPSA) is 137 Å². The van der Waals surface area contributed by atoms with E-state index in [4.69, 9.17) is 0 Å². The molecule has 1 amide bonds. The van der Waals surface area contributed by atoms with Crippen molar-refractivity contribution in [3.8, 4) is 0 Å². The monoisotopic (exact) mass is 480 g/mol. The number of rotatable bonds is 9. The minimum Gasteiger partial charge on any atom is -0.480 e. The molecule has 2 aromatic heterocycles. The summed E-state index contributed by atoms with van der Waals surface area (Å²) in [5.41, 5.74) is 0.587. The van der Waals surface area contributed by atoms with Gasteiger partial charge in [0.2, 0.25) is 5.91 Å². The first kappa shape index (κ1) is 23.4. The lowest BCUT2D eigenvalue weighted by atomic mass is 10.0. The Balaban J connectivity index is 1.81. The fourth-order valence-corrected chi connectivity index (χ4v) is 4.50. The van der Waals surface area contributed by atoms with Gasteiger partial charge in [-0.25, -0.2) is 14.2 Å². The highest BCUT2D eigenvalue weighted by Crippen LogP contribution is 2.22. The second-order valence-electron chi connectivity index (χ2n) is 7.91. The second-order valence-corrected chi connectivity index (χ2v) is 8.90. The van der Waals surface area contributed by atoms with Gasteiger partial charge in [-0.05, 0) is 42.2 Å². The van der Waals surface area contributed by atoms with Crippen molar-refractivity contribution in [2.45, 2.75) is 24.9 Å². The number of hydrogen-bond acceptors (Lipinski definition) is 5. The van der Waals surface area contributed by atoms with Gasteiger partial charge in [0.25, 0.3) is 5.56 Å². The Kier molecular flexibility index (Phi) is 6.87. The molecule has 0 aliphatic heterocycles. The summed E-state index contributed by atoms with van der Waals surface area (Å²) in [6.07, 6.45) is 3.80. The quantitative estimate of drug-likeness (QED) is 0.290. The predicted molar refractivity (Wildman–Crippen MR) is 132 cm³/mol. The van der Waals surface area contributed by atoms with Crippen LogP contribution in [0.5, 0.6) is 0 Å². The number of carbonyl (C=O) groups excluding carboxylic acids is 1. The van der Waals surface area contributed by atoms with E-state index in [1.807, 2.05) is 30.5 Å². The molecule has 0 radical (unpaired) electrons. The Bertz CT molecular complexity index is 1470.